The normalized spacial score (nSPS) is 43.4. The molecule has 4 nitrogen and oxygen atoms in total. The van der Waals surface area contributed by atoms with Crippen molar-refractivity contribution in [2.45, 2.75) is 82.8 Å². The van der Waals surface area contributed by atoms with Crippen molar-refractivity contribution in [3.05, 3.63) is 42.0 Å². The van der Waals surface area contributed by atoms with E-state index in [1.165, 1.54) is 6.07 Å². The van der Waals surface area contributed by atoms with Gasteiger partial charge in [0.1, 0.15) is 0 Å². The quantitative estimate of drug-likeness (QED) is 0.500. The van der Waals surface area contributed by atoms with Crippen molar-refractivity contribution in [3.8, 4) is 0 Å². The van der Waals surface area contributed by atoms with Crippen LogP contribution >= 0.6 is 0 Å². The highest BCUT2D eigenvalue weighted by molar-refractivity contribution is 5.64. The lowest BCUT2D eigenvalue weighted by Gasteiger charge is -2.60. The third-order valence-electron chi connectivity index (χ3n) is 8.34. The summed E-state index contributed by atoms with van der Waals surface area (Å²) < 4.78 is 52.4. The smallest absolute Gasteiger partial charge is 0.346 e. The third-order valence-corrected chi connectivity index (χ3v) is 8.34. The molecule has 6 rings (SSSR count). The van der Waals surface area contributed by atoms with Gasteiger partial charge in [-0.1, -0.05) is 32.6 Å². The molecule has 0 radical (unpaired) electrons. The number of fused-ring (bicyclic) bond motifs is 2. The molecule has 0 N–H and O–H groups in total. The number of hydrogen-bond acceptors (Lipinski definition) is 4. The van der Waals surface area contributed by atoms with Gasteiger partial charge in [-0.05, 0) is 73.6 Å². The van der Waals surface area contributed by atoms with Gasteiger partial charge in [0.2, 0.25) is 5.79 Å². The van der Waals surface area contributed by atoms with Crippen molar-refractivity contribution in [3.63, 3.8) is 0 Å². The van der Waals surface area contributed by atoms with Crippen LogP contribution < -0.4 is 0 Å². The van der Waals surface area contributed by atoms with Crippen LogP contribution in [0.1, 0.15) is 64.0 Å². The van der Waals surface area contributed by atoms with Crippen LogP contribution in [0.2, 0.25) is 0 Å². The summed E-state index contributed by atoms with van der Waals surface area (Å²) in [5.74, 6) is 0.225. The van der Waals surface area contributed by atoms with Gasteiger partial charge in [-0.2, -0.15) is 13.2 Å². The van der Waals surface area contributed by atoms with Crippen LogP contribution in [-0.2, 0) is 25.4 Å². The van der Waals surface area contributed by atoms with Crippen LogP contribution in [0.4, 0.5) is 13.2 Å². The molecule has 2 bridgehead atoms. The lowest BCUT2D eigenvalue weighted by Crippen LogP contribution is -2.70. The van der Waals surface area contributed by atoms with E-state index in [2.05, 4.69) is 20.4 Å². The molecule has 5 aliphatic rings. The number of alkyl halides is 3. The van der Waals surface area contributed by atoms with Gasteiger partial charge in [0.15, 0.2) is 11.9 Å². The number of hydrogen-bond donors (Lipinski definition) is 0. The van der Waals surface area contributed by atoms with E-state index < -0.39 is 29.4 Å². The van der Waals surface area contributed by atoms with Gasteiger partial charge in [-0.3, -0.25) is 0 Å². The Balaban J connectivity index is 1.42. The molecule has 8 atom stereocenters. The summed E-state index contributed by atoms with van der Waals surface area (Å²) in [6.45, 7) is 10.4. The third kappa shape index (κ3) is 3.44. The molecule has 4 heterocycles. The van der Waals surface area contributed by atoms with Gasteiger partial charge < -0.3 is 9.47 Å². The zero-order valence-corrected chi connectivity index (χ0v) is 18.8. The maximum Gasteiger partial charge on any atom is 0.416 e. The van der Waals surface area contributed by atoms with Gasteiger partial charge in [0.25, 0.3) is 0 Å². The fourth-order valence-electron chi connectivity index (χ4n) is 6.49. The van der Waals surface area contributed by atoms with Crippen LogP contribution in [-0.4, -0.2) is 23.8 Å². The molecule has 1 spiro atoms. The number of halogens is 3. The minimum Gasteiger partial charge on any atom is -0.346 e. The van der Waals surface area contributed by atoms with Gasteiger partial charge in [0, 0.05) is 12.3 Å². The minimum atomic E-state index is -4.38. The topological polar surface area (TPSA) is 36.9 Å². The second-order valence-electron chi connectivity index (χ2n) is 10.3. The molecule has 5 fully saturated rings. The summed E-state index contributed by atoms with van der Waals surface area (Å²) in [5, 5.41) is 0. The van der Waals surface area contributed by atoms with E-state index in [9.17, 15) is 13.2 Å². The molecule has 0 aromatic heterocycles. The molecular weight excluding hydrogens is 421 g/mol. The second kappa shape index (κ2) is 7.55. The van der Waals surface area contributed by atoms with E-state index in [0.717, 1.165) is 37.8 Å². The minimum absolute atomic E-state index is 0.124. The Bertz CT molecular complexity index is 901. The molecule has 0 amide bonds. The fourth-order valence-corrected chi connectivity index (χ4v) is 6.49. The van der Waals surface area contributed by atoms with Crippen molar-refractivity contribution in [1.82, 2.24) is 0 Å². The first-order valence-corrected chi connectivity index (χ1v) is 11.6. The van der Waals surface area contributed by atoms with Crippen LogP contribution in [0.5, 0.6) is 0 Å². The first kappa shape index (κ1) is 22.4. The van der Waals surface area contributed by atoms with Crippen molar-refractivity contribution < 1.29 is 32.4 Å². The monoisotopic (exact) mass is 452 g/mol. The zero-order valence-electron chi connectivity index (χ0n) is 18.8. The van der Waals surface area contributed by atoms with Gasteiger partial charge in [-0.25, -0.2) is 9.78 Å². The summed E-state index contributed by atoms with van der Waals surface area (Å²) >= 11 is 0. The highest BCUT2D eigenvalue weighted by Crippen LogP contribution is 2.61. The Morgan fingerprint density at radius 1 is 1.12 bits per heavy atom. The van der Waals surface area contributed by atoms with E-state index in [0.29, 0.717) is 23.5 Å². The molecule has 4 saturated heterocycles. The van der Waals surface area contributed by atoms with Crippen LogP contribution in [0.3, 0.4) is 0 Å². The summed E-state index contributed by atoms with van der Waals surface area (Å²) in [4.78, 5) is 12.0. The van der Waals surface area contributed by atoms with E-state index in [1.807, 2.05) is 6.92 Å². The molecule has 176 valence electrons. The number of rotatable bonds is 3. The predicted octanol–water partition coefficient (Wildman–Crippen LogP) is 6.36. The van der Waals surface area contributed by atoms with E-state index in [-0.39, 0.29) is 23.9 Å². The van der Waals surface area contributed by atoms with Crippen molar-refractivity contribution in [2.24, 2.45) is 23.7 Å². The summed E-state index contributed by atoms with van der Waals surface area (Å²) in [7, 11) is 0. The molecule has 32 heavy (non-hydrogen) atoms. The molecule has 1 saturated carbocycles. The lowest BCUT2D eigenvalue weighted by molar-refractivity contribution is -0.570. The van der Waals surface area contributed by atoms with Crippen molar-refractivity contribution >= 4 is 5.57 Å². The first-order valence-electron chi connectivity index (χ1n) is 11.6. The molecule has 7 heteroatoms. The van der Waals surface area contributed by atoms with Crippen LogP contribution in [0.25, 0.3) is 5.57 Å². The van der Waals surface area contributed by atoms with Gasteiger partial charge in [0.05, 0.1) is 11.7 Å². The summed E-state index contributed by atoms with van der Waals surface area (Å²) in [6.07, 6.45) is -0.938. The zero-order chi connectivity index (χ0) is 22.9. The average Bonchev–Trinajstić information content (AvgIpc) is 2.97. The SMILES string of the molecule is C=C(C[C@H]1O[C@@H]2O[C@@]3(C)CC[C@H]4[C@H](C)CC[C@@H]([C@H]1C)[C@@]24OO3)c1cccc(C(F)(F)F)c1. The average molecular weight is 453 g/mol. The standard InChI is InChI=1S/C25H31F3O4/c1-14-8-9-20-16(3)21(12-15(2)17-6-5-7-18(13-17)25(26,27)28)29-22-24(20)19(14)10-11-23(4,30-22)31-32-24/h5-7,13-14,16,19-22H,2,8-12H2,1,3-4H3/t14-,16-,19+,20+,21-,22-,23-,24-/m1/s1. The van der Waals surface area contributed by atoms with E-state index in [1.54, 1.807) is 6.07 Å². The number of ether oxygens (including phenoxy) is 2. The molecule has 4 aliphatic heterocycles. The molecule has 0 unspecified atom stereocenters. The Hall–Kier alpha value is -1.41. The van der Waals surface area contributed by atoms with E-state index in [4.69, 9.17) is 19.2 Å². The maximum atomic E-state index is 13.2. The fraction of sp³-hybridized carbons (Fsp3) is 0.680. The summed E-state index contributed by atoms with van der Waals surface area (Å²) in [6, 6.07) is 5.35. The second-order valence-corrected chi connectivity index (χ2v) is 10.3. The Kier molecular flexibility index (Phi) is 5.28. The van der Waals surface area contributed by atoms with Crippen molar-refractivity contribution in [1.29, 1.82) is 0 Å². The Morgan fingerprint density at radius 2 is 1.91 bits per heavy atom. The Morgan fingerprint density at radius 3 is 2.66 bits per heavy atom. The first-order chi connectivity index (χ1) is 15.0. The van der Waals surface area contributed by atoms with Crippen molar-refractivity contribution in [2.75, 3.05) is 0 Å². The van der Waals surface area contributed by atoms with E-state index >= 15 is 0 Å². The van der Waals surface area contributed by atoms with Crippen LogP contribution in [0, 0.1) is 23.7 Å². The highest BCUT2D eigenvalue weighted by Gasteiger charge is 2.69. The molecule has 1 aromatic rings. The van der Waals surface area contributed by atoms with Crippen LogP contribution in [0.15, 0.2) is 30.8 Å². The van der Waals surface area contributed by atoms with Gasteiger partial charge in [-0.15, -0.1) is 0 Å². The molecular formula is C25H31F3O4. The highest BCUT2D eigenvalue weighted by atomic mass is 19.4. The lowest BCUT2D eigenvalue weighted by atomic mass is 9.57. The molecule has 1 aromatic carbocycles. The summed E-state index contributed by atoms with van der Waals surface area (Å²) in [5.41, 5.74) is -0.186. The molecule has 1 aliphatic carbocycles. The predicted molar refractivity (Wildman–Crippen MR) is 112 cm³/mol. The number of benzene rings is 1. The van der Waals surface area contributed by atoms with Gasteiger partial charge >= 0.3 is 6.18 Å². The maximum absolute atomic E-state index is 13.2. The Labute approximate surface area is 187 Å². The largest absolute Gasteiger partial charge is 0.416 e.